The number of piperidine rings is 1. The molecule has 1 N–H and O–H groups in total. The second kappa shape index (κ2) is 12.2. The van der Waals surface area contributed by atoms with Crippen molar-refractivity contribution in [2.24, 2.45) is 0 Å². The zero-order chi connectivity index (χ0) is 29.3. The summed E-state index contributed by atoms with van der Waals surface area (Å²) in [7, 11) is 5.55. The normalized spacial score (nSPS) is 20.5. The molecule has 2 aromatic rings. The molecule has 0 unspecified atom stereocenters. The molecule has 2 amide bonds. The summed E-state index contributed by atoms with van der Waals surface area (Å²) < 4.78 is 5.83. The van der Waals surface area contributed by atoms with Gasteiger partial charge < -0.3 is 29.7 Å². The van der Waals surface area contributed by atoms with Crippen molar-refractivity contribution >= 4 is 35.0 Å². The Morgan fingerprint density at radius 2 is 1.85 bits per heavy atom. The number of carbonyl (C=O) groups excluding carboxylic acids is 2. The lowest BCUT2D eigenvalue weighted by Gasteiger charge is -2.44. The number of aromatic nitrogens is 2. The van der Waals surface area contributed by atoms with E-state index in [1.54, 1.807) is 24.3 Å². The van der Waals surface area contributed by atoms with E-state index in [2.05, 4.69) is 42.9 Å². The topological polar surface area (TPSA) is 94.1 Å². The van der Waals surface area contributed by atoms with Gasteiger partial charge in [0.2, 0.25) is 11.9 Å². The van der Waals surface area contributed by atoms with Gasteiger partial charge in [0.05, 0.1) is 19.0 Å². The summed E-state index contributed by atoms with van der Waals surface area (Å²) in [6, 6.07) is 5.82. The van der Waals surface area contributed by atoms with Gasteiger partial charge in [-0.2, -0.15) is 4.98 Å². The predicted molar refractivity (Wildman–Crippen MR) is 163 cm³/mol. The molecule has 222 valence electrons. The van der Waals surface area contributed by atoms with Crippen molar-refractivity contribution in [2.45, 2.75) is 89.9 Å². The van der Waals surface area contributed by atoms with Gasteiger partial charge in [-0.15, -0.1) is 0 Å². The number of ether oxygens (including phenoxy) is 1. The van der Waals surface area contributed by atoms with Crippen molar-refractivity contribution < 1.29 is 14.3 Å². The van der Waals surface area contributed by atoms with Crippen LogP contribution in [0.5, 0.6) is 5.75 Å². The average Bonchev–Trinajstić information content (AvgIpc) is 3.50. The van der Waals surface area contributed by atoms with Crippen LogP contribution >= 0.6 is 0 Å². The van der Waals surface area contributed by atoms with Crippen LogP contribution in [0.1, 0.15) is 76.1 Å². The highest BCUT2D eigenvalue weighted by Gasteiger charge is 2.41. The fourth-order valence-corrected chi connectivity index (χ4v) is 6.55. The number of rotatable bonds is 8. The number of hydrogen-bond acceptors (Lipinski definition) is 8. The Labute approximate surface area is 244 Å². The van der Waals surface area contributed by atoms with E-state index in [1.807, 2.05) is 24.1 Å². The molecule has 1 aromatic heterocycles. The van der Waals surface area contributed by atoms with E-state index in [1.165, 1.54) is 12.8 Å². The molecule has 1 saturated carbocycles. The Morgan fingerprint density at radius 1 is 1.15 bits per heavy atom. The first-order valence-corrected chi connectivity index (χ1v) is 15.1. The summed E-state index contributed by atoms with van der Waals surface area (Å²) in [5.74, 6) is 1.95. The van der Waals surface area contributed by atoms with Gasteiger partial charge in [0, 0.05) is 30.7 Å². The number of hydrogen-bond donors (Lipinski definition) is 1. The zero-order valence-corrected chi connectivity index (χ0v) is 25.4. The number of carbonyl (C=O) groups is 2. The second-order valence-corrected chi connectivity index (χ2v) is 11.9. The van der Waals surface area contributed by atoms with Gasteiger partial charge in [-0.3, -0.25) is 9.59 Å². The highest BCUT2D eigenvalue weighted by molar-refractivity contribution is 6.04. The van der Waals surface area contributed by atoms with Crippen LogP contribution in [-0.4, -0.2) is 85.1 Å². The van der Waals surface area contributed by atoms with Gasteiger partial charge in [0.1, 0.15) is 17.5 Å². The first kappa shape index (κ1) is 29.1. The van der Waals surface area contributed by atoms with Crippen molar-refractivity contribution in [1.82, 2.24) is 20.2 Å². The van der Waals surface area contributed by atoms with Gasteiger partial charge in [-0.05, 0) is 84.3 Å². The minimum Gasteiger partial charge on any atom is -0.495 e. The number of anilines is 4. The molecule has 10 heteroatoms. The maximum absolute atomic E-state index is 13.3. The molecule has 2 aliphatic heterocycles. The van der Waals surface area contributed by atoms with Crippen LogP contribution in [-0.2, 0) is 4.79 Å². The highest BCUT2D eigenvalue weighted by Crippen LogP contribution is 2.42. The molecule has 1 atom stereocenters. The Balaban J connectivity index is 1.48. The monoisotopic (exact) mass is 563 g/mol. The van der Waals surface area contributed by atoms with Gasteiger partial charge in [-0.25, -0.2) is 4.98 Å². The number of likely N-dealkylation sites (N-methyl/N-ethyl adjacent to an activating group) is 1. The zero-order valence-electron chi connectivity index (χ0n) is 25.4. The van der Waals surface area contributed by atoms with Crippen molar-refractivity contribution in [1.29, 1.82) is 0 Å². The van der Waals surface area contributed by atoms with Crippen molar-refractivity contribution in [2.75, 3.05) is 49.0 Å². The number of likely N-dealkylation sites (tertiary alicyclic amines) is 1. The van der Waals surface area contributed by atoms with E-state index in [4.69, 9.17) is 14.7 Å². The molecular weight excluding hydrogens is 518 g/mol. The number of methoxy groups -OCH3 is 1. The van der Waals surface area contributed by atoms with Crippen molar-refractivity contribution in [3.05, 3.63) is 30.0 Å². The van der Waals surface area contributed by atoms with Crippen LogP contribution in [0.2, 0.25) is 0 Å². The van der Waals surface area contributed by atoms with Gasteiger partial charge in [-0.1, -0.05) is 19.8 Å². The number of nitrogens with zero attached hydrogens (tertiary/aromatic N) is 6. The number of nitrogens with one attached hydrogen (secondary N) is 1. The molecular formula is C31H45N7O3. The Hall–Kier alpha value is -3.40. The molecule has 3 heterocycles. The first-order chi connectivity index (χ1) is 19.7. The van der Waals surface area contributed by atoms with E-state index in [0.717, 1.165) is 62.4 Å². The summed E-state index contributed by atoms with van der Waals surface area (Å²) in [5, 5.41) is 3.20. The van der Waals surface area contributed by atoms with Crippen LogP contribution in [0, 0.1) is 0 Å². The minimum atomic E-state index is -0.234. The van der Waals surface area contributed by atoms with Crippen LogP contribution in [0.25, 0.3) is 0 Å². The fraction of sp³-hybridized carbons (Fsp3) is 0.613. The van der Waals surface area contributed by atoms with Gasteiger partial charge in [0.15, 0.2) is 5.82 Å². The molecule has 41 heavy (non-hydrogen) atoms. The molecule has 1 saturated heterocycles. The Bertz CT molecular complexity index is 1250. The Kier molecular flexibility index (Phi) is 8.68. The summed E-state index contributed by atoms with van der Waals surface area (Å²) in [5.41, 5.74) is 2.10. The van der Waals surface area contributed by atoms with E-state index in [0.29, 0.717) is 23.3 Å². The Morgan fingerprint density at radius 3 is 2.49 bits per heavy atom. The summed E-state index contributed by atoms with van der Waals surface area (Å²) >= 11 is 0. The smallest absolute Gasteiger partial charge is 0.251 e. The quantitative estimate of drug-likeness (QED) is 0.507. The van der Waals surface area contributed by atoms with Gasteiger partial charge in [0.25, 0.3) is 5.91 Å². The third kappa shape index (κ3) is 5.71. The molecule has 5 rings (SSSR count). The lowest BCUT2D eigenvalue weighted by atomic mass is 10.0. The maximum Gasteiger partial charge on any atom is 0.251 e. The molecule has 3 aliphatic rings. The van der Waals surface area contributed by atoms with E-state index in [9.17, 15) is 9.59 Å². The molecule has 2 fully saturated rings. The molecule has 1 aliphatic carbocycles. The molecule has 1 aromatic carbocycles. The maximum atomic E-state index is 13.3. The van der Waals surface area contributed by atoms with Crippen molar-refractivity contribution in [3.8, 4) is 5.75 Å². The summed E-state index contributed by atoms with van der Waals surface area (Å²) in [4.78, 5) is 44.6. The number of amides is 2. The lowest BCUT2D eigenvalue weighted by molar-refractivity contribution is -0.120. The minimum absolute atomic E-state index is 0.00529. The predicted octanol–water partition coefficient (Wildman–Crippen LogP) is 4.36. The molecule has 0 bridgehead atoms. The standard InChI is InChI=1S/C31H45N7O3/c1-7-24-30(40)36(5)26-19-32-31(34-28(26)38(24)23-10-8-9-11-23)37(20(2)3)25-13-12-21(18-27(25)41-6)29(39)33-22-14-16-35(4)17-15-22/h12-13,18-20,22-24H,7-11,14-17H2,1-6H3,(H,33,39)/t24-/m1/s1. The number of benzene rings is 1. The molecule has 0 spiro atoms. The van der Waals surface area contributed by atoms with Gasteiger partial charge >= 0.3 is 0 Å². The average molecular weight is 564 g/mol. The van der Waals surface area contributed by atoms with Crippen LogP contribution < -0.4 is 24.8 Å². The van der Waals surface area contributed by atoms with Crippen molar-refractivity contribution in [3.63, 3.8) is 0 Å². The first-order valence-electron chi connectivity index (χ1n) is 15.1. The lowest BCUT2D eigenvalue weighted by Crippen LogP contribution is -2.55. The number of fused-ring (bicyclic) bond motifs is 1. The van der Waals surface area contributed by atoms with E-state index < -0.39 is 0 Å². The summed E-state index contributed by atoms with van der Waals surface area (Å²) in [6.07, 6.45) is 8.86. The third-order valence-corrected chi connectivity index (χ3v) is 8.89. The third-order valence-electron chi connectivity index (χ3n) is 8.89. The highest BCUT2D eigenvalue weighted by atomic mass is 16.5. The second-order valence-electron chi connectivity index (χ2n) is 11.9. The SMILES string of the molecule is CC[C@@H]1C(=O)N(C)c2cnc(N(c3ccc(C(=O)NC4CCN(C)CC4)cc3OC)C(C)C)nc2N1C1CCCC1. The molecule has 0 radical (unpaired) electrons. The van der Waals surface area contributed by atoms with Crippen LogP contribution in [0.15, 0.2) is 24.4 Å². The fourth-order valence-electron chi connectivity index (χ4n) is 6.55. The summed E-state index contributed by atoms with van der Waals surface area (Å²) in [6.45, 7) is 8.21. The molecule has 10 nitrogen and oxygen atoms in total. The van der Waals surface area contributed by atoms with Crippen LogP contribution in [0.3, 0.4) is 0 Å². The largest absolute Gasteiger partial charge is 0.495 e. The van der Waals surface area contributed by atoms with E-state index >= 15 is 0 Å². The van der Waals surface area contributed by atoms with Crippen LogP contribution in [0.4, 0.5) is 23.1 Å². The van der Waals surface area contributed by atoms with E-state index in [-0.39, 0.29) is 29.9 Å².